The van der Waals surface area contributed by atoms with E-state index in [0.717, 1.165) is 5.69 Å². The fourth-order valence-corrected chi connectivity index (χ4v) is 1.46. The highest BCUT2D eigenvalue weighted by Crippen LogP contribution is 2.19. The van der Waals surface area contributed by atoms with Crippen molar-refractivity contribution in [2.24, 2.45) is 10.9 Å². The van der Waals surface area contributed by atoms with Gasteiger partial charge in [-0.15, -0.1) is 0 Å². The van der Waals surface area contributed by atoms with Gasteiger partial charge in [-0.2, -0.15) is 5.10 Å². The van der Waals surface area contributed by atoms with Crippen molar-refractivity contribution in [1.82, 2.24) is 9.97 Å². The molecule has 2 aromatic rings. The van der Waals surface area contributed by atoms with E-state index in [9.17, 15) is 4.39 Å². The molecule has 2 N–H and O–H groups in total. The van der Waals surface area contributed by atoms with Crippen LogP contribution in [-0.4, -0.2) is 16.2 Å². The number of hydrogen-bond donors (Lipinski definition) is 1. The van der Waals surface area contributed by atoms with Crippen molar-refractivity contribution in [3.05, 3.63) is 47.5 Å². The molecule has 1 aromatic heterocycles. The van der Waals surface area contributed by atoms with Gasteiger partial charge in [0.05, 0.1) is 11.8 Å². The summed E-state index contributed by atoms with van der Waals surface area (Å²) in [6.07, 6.45) is 2.98. The summed E-state index contributed by atoms with van der Waals surface area (Å²) in [6.45, 7) is 1.83. The van der Waals surface area contributed by atoms with E-state index in [0.29, 0.717) is 17.0 Å². The van der Waals surface area contributed by atoms with E-state index >= 15 is 0 Å². The molecule has 0 amide bonds. The first kappa shape index (κ1) is 11.2. The van der Waals surface area contributed by atoms with Gasteiger partial charge in [0.1, 0.15) is 5.82 Å². The molecule has 86 valence electrons. The Morgan fingerprint density at radius 3 is 2.82 bits per heavy atom. The molecule has 2 rings (SSSR count). The summed E-state index contributed by atoms with van der Waals surface area (Å²) in [6, 6.07) is 6.43. The van der Waals surface area contributed by atoms with Crippen LogP contribution in [0.25, 0.3) is 11.4 Å². The molecule has 5 heteroatoms. The molecule has 0 unspecified atom stereocenters. The largest absolute Gasteiger partial charge is 0.323 e. The Hall–Kier alpha value is -2.30. The Morgan fingerprint density at radius 1 is 1.35 bits per heavy atom. The molecular weight excluding hydrogens is 219 g/mol. The zero-order valence-corrected chi connectivity index (χ0v) is 9.26. The van der Waals surface area contributed by atoms with Gasteiger partial charge in [0, 0.05) is 11.9 Å². The van der Waals surface area contributed by atoms with Gasteiger partial charge >= 0.3 is 0 Å². The van der Waals surface area contributed by atoms with Gasteiger partial charge in [0.25, 0.3) is 0 Å². The van der Waals surface area contributed by atoms with Gasteiger partial charge in [-0.05, 0) is 30.7 Å². The molecule has 0 aliphatic rings. The molecule has 0 saturated heterocycles. The van der Waals surface area contributed by atoms with Crippen LogP contribution < -0.4 is 5.84 Å². The fraction of sp³-hybridized carbons (Fsp3) is 0.0833. The molecule has 1 aromatic carbocycles. The average Bonchev–Trinajstić information content (AvgIpc) is 2.29. The lowest BCUT2D eigenvalue weighted by Gasteiger charge is -2.03. The van der Waals surface area contributed by atoms with Gasteiger partial charge < -0.3 is 5.84 Å². The third-order valence-electron chi connectivity index (χ3n) is 2.25. The minimum atomic E-state index is -0.395. The molecular formula is C12H11FN4. The Labute approximate surface area is 98.0 Å². The SMILES string of the molecule is Cc1ccnc(-c2ccc(C=NN)cc2F)n1. The molecule has 1 heterocycles. The summed E-state index contributed by atoms with van der Waals surface area (Å²) < 4.78 is 13.8. The molecule has 17 heavy (non-hydrogen) atoms. The molecule has 4 nitrogen and oxygen atoms in total. The maximum Gasteiger partial charge on any atom is 0.162 e. The quantitative estimate of drug-likeness (QED) is 0.486. The third-order valence-corrected chi connectivity index (χ3v) is 2.25. The van der Waals surface area contributed by atoms with Gasteiger partial charge in [-0.3, -0.25) is 0 Å². The standard InChI is InChI=1S/C12H11FN4/c1-8-4-5-15-12(17-8)10-3-2-9(7-16-14)6-11(10)13/h2-7H,14H2,1H3. The average molecular weight is 230 g/mol. The molecule has 0 aliphatic heterocycles. The summed E-state index contributed by atoms with van der Waals surface area (Å²) in [5, 5.41) is 3.34. The maximum absolute atomic E-state index is 13.8. The highest BCUT2D eigenvalue weighted by atomic mass is 19.1. The van der Waals surface area contributed by atoms with Crippen LogP contribution in [0.2, 0.25) is 0 Å². The predicted molar refractivity (Wildman–Crippen MR) is 63.9 cm³/mol. The second kappa shape index (κ2) is 4.69. The smallest absolute Gasteiger partial charge is 0.162 e. The second-order valence-electron chi connectivity index (χ2n) is 3.54. The monoisotopic (exact) mass is 230 g/mol. The van der Waals surface area contributed by atoms with Gasteiger partial charge in [0.2, 0.25) is 0 Å². The molecule has 0 spiro atoms. The van der Waals surface area contributed by atoms with Crippen molar-refractivity contribution in [3.8, 4) is 11.4 Å². The number of halogens is 1. The summed E-state index contributed by atoms with van der Waals surface area (Å²) in [7, 11) is 0. The number of rotatable bonds is 2. The van der Waals surface area contributed by atoms with Crippen LogP contribution in [0.4, 0.5) is 4.39 Å². The van der Waals surface area contributed by atoms with Gasteiger partial charge in [0.15, 0.2) is 5.82 Å². The first-order valence-corrected chi connectivity index (χ1v) is 5.03. The van der Waals surface area contributed by atoms with Crippen LogP contribution in [0.1, 0.15) is 11.3 Å². The Balaban J connectivity index is 2.46. The van der Waals surface area contributed by atoms with Crippen molar-refractivity contribution < 1.29 is 4.39 Å². The van der Waals surface area contributed by atoms with Crippen LogP contribution in [0, 0.1) is 12.7 Å². The number of nitrogens with zero attached hydrogens (tertiary/aromatic N) is 3. The first-order valence-electron chi connectivity index (χ1n) is 5.03. The summed E-state index contributed by atoms with van der Waals surface area (Å²) >= 11 is 0. The Bertz CT molecular complexity index is 566. The minimum Gasteiger partial charge on any atom is -0.323 e. The van der Waals surface area contributed by atoms with E-state index < -0.39 is 5.82 Å². The third kappa shape index (κ3) is 2.44. The number of hydrazone groups is 1. The molecule has 0 fully saturated rings. The lowest BCUT2D eigenvalue weighted by Crippen LogP contribution is -1.95. The highest BCUT2D eigenvalue weighted by molar-refractivity contribution is 5.80. The van der Waals surface area contributed by atoms with Crippen molar-refractivity contribution in [2.45, 2.75) is 6.92 Å². The second-order valence-corrected chi connectivity index (χ2v) is 3.54. The predicted octanol–water partition coefficient (Wildman–Crippen LogP) is 1.88. The normalized spacial score (nSPS) is 10.9. The van der Waals surface area contributed by atoms with Crippen molar-refractivity contribution >= 4 is 6.21 Å². The zero-order chi connectivity index (χ0) is 12.3. The zero-order valence-electron chi connectivity index (χ0n) is 9.26. The molecule has 0 aliphatic carbocycles. The van der Waals surface area contributed by atoms with Crippen LogP contribution in [-0.2, 0) is 0 Å². The first-order chi connectivity index (χ1) is 8.20. The highest BCUT2D eigenvalue weighted by Gasteiger charge is 2.08. The number of nitrogens with two attached hydrogens (primary N) is 1. The topological polar surface area (TPSA) is 64.2 Å². The van der Waals surface area contributed by atoms with Crippen molar-refractivity contribution in [2.75, 3.05) is 0 Å². The van der Waals surface area contributed by atoms with E-state index in [1.54, 1.807) is 24.4 Å². The molecule has 0 radical (unpaired) electrons. The summed E-state index contributed by atoms with van der Waals surface area (Å²) in [5.74, 6) is 4.98. The van der Waals surface area contributed by atoms with Crippen LogP contribution in [0.3, 0.4) is 0 Å². The Morgan fingerprint density at radius 2 is 2.18 bits per heavy atom. The number of aryl methyl sites for hydroxylation is 1. The number of aromatic nitrogens is 2. The van der Waals surface area contributed by atoms with E-state index in [2.05, 4.69) is 15.1 Å². The molecule has 0 atom stereocenters. The number of benzene rings is 1. The fourth-order valence-electron chi connectivity index (χ4n) is 1.46. The van der Waals surface area contributed by atoms with E-state index in [4.69, 9.17) is 5.84 Å². The van der Waals surface area contributed by atoms with Gasteiger partial charge in [-0.25, -0.2) is 14.4 Å². The van der Waals surface area contributed by atoms with E-state index in [-0.39, 0.29) is 0 Å². The lowest BCUT2D eigenvalue weighted by atomic mass is 10.1. The van der Waals surface area contributed by atoms with Crippen LogP contribution in [0.15, 0.2) is 35.6 Å². The summed E-state index contributed by atoms with van der Waals surface area (Å²) in [4.78, 5) is 8.21. The van der Waals surface area contributed by atoms with E-state index in [1.807, 2.05) is 6.92 Å². The van der Waals surface area contributed by atoms with Crippen molar-refractivity contribution in [3.63, 3.8) is 0 Å². The van der Waals surface area contributed by atoms with Gasteiger partial charge in [-0.1, -0.05) is 6.07 Å². The molecule has 0 bridgehead atoms. The van der Waals surface area contributed by atoms with Crippen molar-refractivity contribution in [1.29, 1.82) is 0 Å². The summed E-state index contributed by atoms with van der Waals surface area (Å²) in [5.41, 5.74) is 1.76. The minimum absolute atomic E-state index is 0.364. The van der Waals surface area contributed by atoms with Crippen LogP contribution in [0.5, 0.6) is 0 Å². The van der Waals surface area contributed by atoms with Crippen LogP contribution >= 0.6 is 0 Å². The molecule has 0 saturated carbocycles. The lowest BCUT2D eigenvalue weighted by molar-refractivity contribution is 0.629. The maximum atomic E-state index is 13.8. The number of hydrogen-bond acceptors (Lipinski definition) is 4. The van der Waals surface area contributed by atoms with E-state index in [1.165, 1.54) is 12.3 Å². The Kier molecular flexibility index (Phi) is 3.09.